The Morgan fingerprint density at radius 2 is 1.71 bits per heavy atom. The second-order valence-electron chi connectivity index (χ2n) is 8.08. The van der Waals surface area contributed by atoms with E-state index in [4.69, 9.17) is 16.3 Å². The van der Waals surface area contributed by atoms with Crippen molar-refractivity contribution in [3.8, 4) is 5.75 Å². The molecule has 0 heterocycles. The van der Waals surface area contributed by atoms with Crippen molar-refractivity contribution in [1.29, 1.82) is 0 Å². The summed E-state index contributed by atoms with van der Waals surface area (Å²) in [6.45, 7) is 6.11. The zero-order chi connectivity index (χ0) is 24.9. The molecule has 34 heavy (non-hydrogen) atoms. The molecule has 6 nitrogen and oxygen atoms in total. The maximum atomic E-state index is 13.1. The summed E-state index contributed by atoms with van der Waals surface area (Å²) in [5.74, 6) is 0.270. The number of halogens is 1. The number of ether oxygens (including phenoxy) is 1. The van der Waals surface area contributed by atoms with E-state index in [9.17, 15) is 13.2 Å². The van der Waals surface area contributed by atoms with Gasteiger partial charge >= 0.3 is 0 Å². The van der Waals surface area contributed by atoms with Crippen LogP contribution in [0.2, 0.25) is 5.02 Å². The summed E-state index contributed by atoms with van der Waals surface area (Å²) >= 11 is 5.95. The van der Waals surface area contributed by atoms with Crippen molar-refractivity contribution in [2.45, 2.75) is 38.3 Å². The van der Waals surface area contributed by atoms with E-state index in [1.807, 2.05) is 32.9 Å². The third-order valence-corrected chi connectivity index (χ3v) is 7.53. The van der Waals surface area contributed by atoms with Gasteiger partial charge in [-0.15, -0.1) is 0 Å². The molecule has 0 fully saturated rings. The minimum Gasteiger partial charge on any atom is -0.494 e. The summed E-state index contributed by atoms with van der Waals surface area (Å²) in [7, 11) is -2.20. The van der Waals surface area contributed by atoms with Gasteiger partial charge in [0.15, 0.2) is 0 Å². The molecule has 1 amide bonds. The van der Waals surface area contributed by atoms with Crippen LogP contribution >= 0.6 is 11.6 Å². The van der Waals surface area contributed by atoms with Crippen LogP contribution in [0.4, 0.5) is 0 Å². The molecule has 3 aromatic carbocycles. The fourth-order valence-corrected chi connectivity index (χ4v) is 4.75. The number of carbonyl (C=O) groups excluding carboxylic acids is 1. The quantitative estimate of drug-likeness (QED) is 0.429. The zero-order valence-electron chi connectivity index (χ0n) is 19.7. The van der Waals surface area contributed by atoms with Crippen molar-refractivity contribution in [2.75, 3.05) is 13.7 Å². The van der Waals surface area contributed by atoms with E-state index in [1.54, 1.807) is 54.6 Å². The normalized spacial score (nSPS) is 12.4. The van der Waals surface area contributed by atoms with Gasteiger partial charge in [0.1, 0.15) is 5.75 Å². The minimum atomic E-state index is -3.71. The number of amides is 1. The molecule has 0 bridgehead atoms. The summed E-state index contributed by atoms with van der Waals surface area (Å²) in [6, 6.07) is 18.8. The Balaban J connectivity index is 1.83. The second-order valence-corrected chi connectivity index (χ2v) is 10.6. The van der Waals surface area contributed by atoms with E-state index < -0.39 is 10.0 Å². The molecule has 0 spiro atoms. The van der Waals surface area contributed by atoms with E-state index in [2.05, 4.69) is 5.32 Å². The standard InChI is InChI=1S/C26H29ClN2O4S/c1-5-33-25-15-10-21(26(30)28-19(3)20-8-11-23(27)12-9-20)16-22(25)17-29(4)34(31,32)24-13-6-18(2)7-14-24/h6-16,19H,5,17H2,1-4H3,(H,28,30). The molecule has 0 aliphatic rings. The van der Waals surface area contributed by atoms with Gasteiger partial charge < -0.3 is 10.1 Å². The van der Waals surface area contributed by atoms with Crippen LogP contribution < -0.4 is 10.1 Å². The van der Waals surface area contributed by atoms with Crippen LogP contribution in [0, 0.1) is 6.92 Å². The number of aryl methyl sites for hydroxylation is 1. The Morgan fingerprint density at radius 1 is 1.06 bits per heavy atom. The summed E-state index contributed by atoms with van der Waals surface area (Å²) in [4.78, 5) is 13.2. The molecule has 0 aromatic heterocycles. The zero-order valence-corrected chi connectivity index (χ0v) is 21.3. The Labute approximate surface area is 206 Å². The lowest BCUT2D eigenvalue weighted by atomic mass is 10.1. The number of carbonyl (C=O) groups is 1. The van der Waals surface area contributed by atoms with Crippen molar-refractivity contribution < 1.29 is 17.9 Å². The lowest BCUT2D eigenvalue weighted by Crippen LogP contribution is -2.28. The Hall–Kier alpha value is -2.87. The monoisotopic (exact) mass is 500 g/mol. The predicted molar refractivity (Wildman–Crippen MR) is 135 cm³/mol. The topological polar surface area (TPSA) is 75.7 Å². The molecule has 0 radical (unpaired) electrons. The van der Waals surface area contributed by atoms with Crippen LogP contribution in [0.5, 0.6) is 5.75 Å². The number of hydrogen-bond donors (Lipinski definition) is 1. The average Bonchev–Trinajstić information content (AvgIpc) is 2.80. The molecule has 1 unspecified atom stereocenters. The molecule has 3 aromatic rings. The fourth-order valence-electron chi connectivity index (χ4n) is 3.47. The van der Waals surface area contributed by atoms with Crippen LogP contribution in [0.15, 0.2) is 71.6 Å². The highest BCUT2D eigenvalue weighted by Crippen LogP contribution is 2.25. The maximum Gasteiger partial charge on any atom is 0.251 e. The second kappa shape index (κ2) is 11.0. The first-order valence-electron chi connectivity index (χ1n) is 11.0. The third kappa shape index (κ3) is 6.17. The van der Waals surface area contributed by atoms with Gasteiger partial charge in [0.05, 0.1) is 17.5 Å². The van der Waals surface area contributed by atoms with Gasteiger partial charge in [-0.2, -0.15) is 4.31 Å². The van der Waals surface area contributed by atoms with Crippen molar-refractivity contribution >= 4 is 27.5 Å². The summed E-state index contributed by atoms with van der Waals surface area (Å²) in [6.07, 6.45) is 0. The molecular weight excluding hydrogens is 472 g/mol. The minimum absolute atomic E-state index is 0.0550. The molecular formula is C26H29ClN2O4S. The van der Waals surface area contributed by atoms with Gasteiger partial charge in [0.25, 0.3) is 5.91 Å². The van der Waals surface area contributed by atoms with E-state index >= 15 is 0 Å². The van der Waals surface area contributed by atoms with Crippen LogP contribution in [0.1, 0.15) is 46.9 Å². The molecule has 0 saturated heterocycles. The van der Waals surface area contributed by atoms with E-state index in [-0.39, 0.29) is 23.4 Å². The molecule has 0 aliphatic heterocycles. The van der Waals surface area contributed by atoms with Gasteiger partial charge in [0.2, 0.25) is 10.0 Å². The number of nitrogens with zero attached hydrogens (tertiary/aromatic N) is 1. The Morgan fingerprint density at radius 3 is 2.32 bits per heavy atom. The van der Waals surface area contributed by atoms with Gasteiger partial charge in [-0.1, -0.05) is 41.4 Å². The number of hydrogen-bond acceptors (Lipinski definition) is 4. The fraction of sp³-hybridized carbons (Fsp3) is 0.269. The van der Waals surface area contributed by atoms with Crippen LogP contribution in [-0.2, 0) is 16.6 Å². The number of nitrogens with one attached hydrogen (secondary N) is 1. The SMILES string of the molecule is CCOc1ccc(C(=O)NC(C)c2ccc(Cl)cc2)cc1CN(C)S(=O)(=O)c1ccc(C)cc1. The Kier molecular flexibility index (Phi) is 8.36. The Bertz CT molecular complexity index is 1240. The lowest BCUT2D eigenvalue weighted by molar-refractivity contribution is 0.0939. The molecule has 0 saturated carbocycles. The molecule has 1 N–H and O–H groups in total. The first kappa shape index (κ1) is 25.7. The summed E-state index contributed by atoms with van der Waals surface area (Å²) in [5.41, 5.74) is 2.92. The number of benzene rings is 3. The van der Waals surface area contributed by atoms with Crippen molar-refractivity contribution in [3.63, 3.8) is 0 Å². The average molecular weight is 501 g/mol. The van der Waals surface area contributed by atoms with Crippen molar-refractivity contribution in [3.05, 3.63) is 94.0 Å². The molecule has 180 valence electrons. The first-order valence-corrected chi connectivity index (χ1v) is 12.8. The van der Waals surface area contributed by atoms with Crippen LogP contribution in [-0.4, -0.2) is 32.3 Å². The van der Waals surface area contributed by atoms with Crippen LogP contribution in [0.3, 0.4) is 0 Å². The largest absolute Gasteiger partial charge is 0.494 e. The molecule has 0 aliphatic carbocycles. The summed E-state index contributed by atoms with van der Waals surface area (Å²) in [5, 5.41) is 3.60. The van der Waals surface area contributed by atoms with Gasteiger partial charge in [-0.3, -0.25) is 4.79 Å². The van der Waals surface area contributed by atoms with Gasteiger partial charge in [-0.05, 0) is 68.8 Å². The van der Waals surface area contributed by atoms with Gasteiger partial charge in [0, 0.05) is 29.7 Å². The predicted octanol–water partition coefficient (Wildman–Crippen LogP) is 5.36. The third-order valence-electron chi connectivity index (χ3n) is 5.46. The maximum absolute atomic E-state index is 13.1. The van der Waals surface area contributed by atoms with Gasteiger partial charge in [-0.25, -0.2) is 8.42 Å². The molecule has 8 heteroatoms. The number of rotatable bonds is 9. The first-order chi connectivity index (χ1) is 16.1. The van der Waals surface area contributed by atoms with Crippen LogP contribution in [0.25, 0.3) is 0 Å². The molecule has 1 atom stereocenters. The van der Waals surface area contributed by atoms with Crippen molar-refractivity contribution in [1.82, 2.24) is 9.62 Å². The van der Waals surface area contributed by atoms with E-state index in [0.29, 0.717) is 28.5 Å². The number of sulfonamides is 1. The lowest BCUT2D eigenvalue weighted by Gasteiger charge is -2.20. The smallest absolute Gasteiger partial charge is 0.251 e. The van der Waals surface area contributed by atoms with E-state index in [1.165, 1.54) is 11.4 Å². The molecule has 3 rings (SSSR count). The highest BCUT2D eigenvalue weighted by atomic mass is 35.5. The highest BCUT2D eigenvalue weighted by Gasteiger charge is 2.23. The van der Waals surface area contributed by atoms with Crippen molar-refractivity contribution in [2.24, 2.45) is 0 Å². The highest BCUT2D eigenvalue weighted by molar-refractivity contribution is 7.89. The van der Waals surface area contributed by atoms with E-state index in [0.717, 1.165) is 11.1 Å². The summed E-state index contributed by atoms with van der Waals surface area (Å²) < 4.78 is 33.1.